The first-order valence-corrected chi connectivity index (χ1v) is 6.34. The van der Waals surface area contributed by atoms with Crippen LogP contribution in [0.3, 0.4) is 0 Å². The van der Waals surface area contributed by atoms with E-state index in [0.717, 1.165) is 6.42 Å². The van der Waals surface area contributed by atoms with Gasteiger partial charge >= 0.3 is 0 Å². The number of carbonyl (C=O) groups is 1. The monoisotopic (exact) mass is 263 g/mol. The third-order valence-corrected chi connectivity index (χ3v) is 3.34. The molecule has 0 fully saturated rings. The molecule has 0 N–H and O–H groups in total. The summed E-state index contributed by atoms with van der Waals surface area (Å²) in [4.78, 5) is 13.9. The van der Waals surface area contributed by atoms with E-state index in [4.69, 9.17) is 4.74 Å². The van der Waals surface area contributed by atoms with Crippen molar-refractivity contribution in [3.8, 4) is 0 Å². The van der Waals surface area contributed by atoms with E-state index in [1.807, 2.05) is 6.08 Å². The van der Waals surface area contributed by atoms with Crippen LogP contribution in [0, 0.1) is 12.7 Å². The van der Waals surface area contributed by atoms with Gasteiger partial charge < -0.3 is 9.64 Å². The number of rotatable bonds is 3. The van der Waals surface area contributed by atoms with Crippen molar-refractivity contribution in [2.75, 3.05) is 26.8 Å². The highest BCUT2D eigenvalue weighted by atomic mass is 19.1. The fourth-order valence-electron chi connectivity index (χ4n) is 2.20. The van der Waals surface area contributed by atoms with Gasteiger partial charge in [-0.2, -0.15) is 0 Å². The lowest BCUT2D eigenvalue weighted by molar-refractivity contribution is 0.0760. The maximum atomic E-state index is 13.9. The Bertz CT molecular complexity index is 511. The predicted octanol–water partition coefficient (Wildman–Crippen LogP) is 2.55. The average molecular weight is 263 g/mol. The number of carbonyl (C=O) groups excluding carboxylic acids is 1. The highest BCUT2D eigenvalue weighted by molar-refractivity contribution is 5.94. The molecular weight excluding hydrogens is 245 g/mol. The third-order valence-electron chi connectivity index (χ3n) is 3.34. The first kappa shape index (κ1) is 13.7. The molecule has 3 nitrogen and oxygen atoms in total. The van der Waals surface area contributed by atoms with E-state index in [1.54, 1.807) is 37.1 Å². The van der Waals surface area contributed by atoms with Crippen molar-refractivity contribution in [3.05, 3.63) is 46.8 Å². The van der Waals surface area contributed by atoms with Gasteiger partial charge in [0.15, 0.2) is 0 Å². The van der Waals surface area contributed by atoms with Crippen molar-refractivity contribution < 1.29 is 13.9 Å². The van der Waals surface area contributed by atoms with Gasteiger partial charge in [-0.05, 0) is 30.5 Å². The van der Waals surface area contributed by atoms with Crippen LogP contribution in [0.2, 0.25) is 0 Å². The number of ether oxygens (including phenoxy) is 1. The smallest absolute Gasteiger partial charge is 0.257 e. The third kappa shape index (κ3) is 3.01. The van der Waals surface area contributed by atoms with Crippen molar-refractivity contribution in [2.45, 2.75) is 13.3 Å². The van der Waals surface area contributed by atoms with E-state index < -0.39 is 5.82 Å². The number of methoxy groups -OCH3 is 1. The molecule has 19 heavy (non-hydrogen) atoms. The average Bonchev–Trinajstić information content (AvgIpc) is 2.42. The highest BCUT2D eigenvalue weighted by Crippen LogP contribution is 2.17. The quantitative estimate of drug-likeness (QED) is 0.784. The predicted molar refractivity (Wildman–Crippen MR) is 71.6 cm³/mol. The lowest BCUT2D eigenvalue weighted by atomic mass is 10.1. The van der Waals surface area contributed by atoms with E-state index in [-0.39, 0.29) is 11.5 Å². The minimum Gasteiger partial charge on any atom is -0.380 e. The fraction of sp³-hybridized carbons (Fsp3) is 0.400. The second-order valence-electron chi connectivity index (χ2n) is 4.73. The molecule has 0 aliphatic carbocycles. The molecule has 0 saturated heterocycles. The van der Waals surface area contributed by atoms with Gasteiger partial charge in [0.1, 0.15) is 5.82 Å². The zero-order valence-corrected chi connectivity index (χ0v) is 11.3. The molecule has 0 aromatic heterocycles. The molecule has 1 aliphatic heterocycles. The largest absolute Gasteiger partial charge is 0.380 e. The van der Waals surface area contributed by atoms with E-state index >= 15 is 0 Å². The Morgan fingerprint density at radius 1 is 1.47 bits per heavy atom. The number of hydrogen-bond donors (Lipinski definition) is 0. The van der Waals surface area contributed by atoms with Crippen LogP contribution in [-0.4, -0.2) is 37.6 Å². The lowest BCUT2D eigenvalue weighted by Crippen LogP contribution is -2.35. The first-order chi connectivity index (χ1) is 9.13. The van der Waals surface area contributed by atoms with Crippen molar-refractivity contribution >= 4 is 5.91 Å². The molecule has 1 aromatic carbocycles. The van der Waals surface area contributed by atoms with E-state index in [0.29, 0.717) is 25.3 Å². The summed E-state index contributed by atoms with van der Waals surface area (Å²) >= 11 is 0. The van der Waals surface area contributed by atoms with Crippen LogP contribution in [0.1, 0.15) is 22.3 Å². The van der Waals surface area contributed by atoms with Gasteiger partial charge in [0.25, 0.3) is 5.91 Å². The number of amides is 1. The molecule has 1 aromatic rings. The first-order valence-electron chi connectivity index (χ1n) is 6.34. The Labute approximate surface area is 112 Å². The van der Waals surface area contributed by atoms with Crippen molar-refractivity contribution in [1.82, 2.24) is 4.90 Å². The highest BCUT2D eigenvalue weighted by Gasteiger charge is 2.21. The van der Waals surface area contributed by atoms with Gasteiger partial charge in [0, 0.05) is 20.2 Å². The molecule has 0 radical (unpaired) electrons. The Morgan fingerprint density at radius 2 is 2.26 bits per heavy atom. The molecule has 0 spiro atoms. The maximum absolute atomic E-state index is 13.9. The Morgan fingerprint density at radius 3 is 2.89 bits per heavy atom. The minimum absolute atomic E-state index is 0.156. The summed E-state index contributed by atoms with van der Waals surface area (Å²) in [5, 5.41) is 0. The van der Waals surface area contributed by atoms with Crippen LogP contribution in [-0.2, 0) is 4.74 Å². The van der Waals surface area contributed by atoms with Gasteiger partial charge in [-0.1, -0.05) is 18.2 Å². The summed E-state index contributed by atoms with van der Waals surface area (Å²) in [6.07, 6.45) is 2.77. The van der Waals surface area contributed by atoms with Crippen LogP contribution in [0.25, 0.3) is 0 Å². The molecular formula is C15H18FNO2. The van der Waals surface area contributed by atoms with E-state index in [1.165, 1.54) is 5.57 Å². The Kier molecular flexibility index (Phi) is 4.32. The summed E-state index contributed by atoms with van der Waals surface area (Å²) in [5.41, 5.74) is 1.85. The van der Waals surface area contributed by atoms with Gasteiger partial charge in [-0.25, -0.2) is 4.39 Å². The summed E-state index contributed by atoms with van der Waals surface area (Å²) in [7, 11) is 1.65. The molecule has 0 atom stereocenters. The second kappa shape index (κ2) is 5.97. The van der Waals surface area contributed by atoms with Crippen LogP contribution in [0.15, 0.2) is 29.8 Å². The lowest BCUT2D eigenvalue weighted by Gasteiger charge is -2.26. The van der Waals surface area contributed by atoms with E-state index in [2.05, 4.69) is 0 Å². The minimum atomic E-state index is -0.417. The van der Waals surface area contributed by atoms with Gasteiger partial charge in [-0.3, -0.25) is 4.79 Å². The molecule has 1 aliphatic rings. The number of aryl methyl sites for hydroxylation is 1. The summed E-state index contributed by atoms with van der Waals surface area (Å²) in [5.74, 6) is -0.659. The van der Waals surface area contributed by atoms with Crippen LogP contribution < -0.4 is 0 Å². The Balaban J connectivity index is 2.12. The summed E-state index contributed by atoms with van der Waals surface area (Å²) in [6.45, 7) is 3.39. The maximum Gasteiger partial charge on any atom is 0.257 e. The van der Waals surface area contributed by atoms with Crippen molar-refractivity contribution in [2.24, 2.45) is 0 Å². The SMILES string of the molecule is COCC1=CCN(C(=O)c2cccc(C)c2F)CC1. The van der Waals surface area contributed by atoms with Gasteiger partial charge in [-0.15, -0.1) is 0 Å². The Hall–Kier alpha value is -1.68. The molecule has 0 unspecified atom stereocenters. The molecule has 4 heteroatoms. The number of nitrogens with zero attached hydrogens (tertiary/aromatic N) is 1. The van der Waals surface area contributed by atoms with Crippen LogP contribution in [0.4, 0.5) is 4.39 Å². The standard InChI is InChI=1S/C15H18FNO2/c1-11-4-3-5-13(14(11)16)15(18)17-8-6-12(7-9-17)10-19-2/h3-6H,7-10H2,1-2H3. The molecule has 2 rings (SSSR count). The molecule has 0 saturated carbocycles. The van der Waals surface area contributed by atoms with E-state index in [9.17, 15) is 9.18 Å². The summed E-state index contributed by atoms with van der Waals surface area (Å²) < 4.78 is 19.0. The number of halogens is 1. The van der Waals surface area contributed by atoms with Gasteiger partial charge in [0.2, 0.25) is 0 Å². The molecule has 1 amide bonds. The molecule has 102 valence electrons. The molecule has 0 bridgehead atoms. The fourth-order valence-corrected chi connectivity index (χ4v) is 2.20. The second-order valence-corrected chi connectivity index (χ2v) is 4.73. The van der Waals surface area contributed by atoms with Gasteiger partial charge in [0.05, 0.1) is 12.2 Å². The topological polar surface area (TPSA) is 29.5 Å². The van der Waals surface area contributed by atoms with Crippen molar-refractivity contribution in [3.63, 3.8) is 0 Å². The van der Waals surface area contributed by atoms with Crippen LogP contribution in [0.5, 0.6) is 0 Å². The number of benzene rings is 1. The summed E-state index contributed by atoms with van der Waals surface area (Å²) in [6, 6.07) is 4.92. The van der Waals surface area contributed by atoms with Crippen molar-refractivity contribution in [1.29, 1.82) is 0 Å². The molecule has 1 heterocycles. The van der Waals surface area contributed by atoms with Crippen LogP contribution >= 0.6 is 0 Å². The zero-order valence-electron chi connectivity index (χ0n) is 11.3. The normalized spacial score (nSPS) is 15.3. The zero-order chi connectivity index (χ0) is 13.8. The number of hydrogen-bond acceptors (Lipinski definition) is 2.